The van der Waals surface area contributed by atoms with E-state index in [1.54, 1.807) is 6.92 Å². The van der Waals surface area contributed by atoms with E-state index in [1.807, 2.05) is 0 Å². The first-order valence-electron chi connectivity index (χ1n) is 5.27. The van der Waals surface area contributed by atoms with Gasteiger partial charge in [0.05, 0.1) is 12.8 Å². The number of ether oxygens (including phenoxy) is 1. The molecule has 0 N–H and O–H groups in total. The van der Waals surface area contributed by atoms with Gasteiger partial charge in [-0.2, -0.15) is 5.10 Å². The van der Waals surface area contributed by atoms with Crippen molar-refractivity contribution >= 4 is 21.9 Å². The number of esters is 1. The number of rotatable bonds is 3. The van der Waals surface area contributed by atoms with E-state index in [-0.39, 0.29) is 18.1 Å². The molecule has 0 spiro atoms. The molecule has 0 atom stereocenters. The predicted octanol–water partition coefficient (Wildman–Crippen LogP) is 2.48. The van der Waals surface area contributed by atoms with E-state index >= 15 is 0 Å². The lowest BCUT2D eigenvalue weighted by atomic mass is 10.4. The number of carbonyl (C=O) groups is 1. The predicted molar refractivity (Wildman–Crippen MR) is 64.9 cm³/mol. The summed E-state index contributed by atoms with van der Waals surface area (Å²) < 4.78 is 32.5. The van der Waals surface area contributed by atoms with E-state index in [1.165, 1.54) is 6.07 Å². The minimum absolute atomic E-state index is 0.00765. The number of nitrogens with zero attached hydrogens (tertiary/aromatic N) is 3. The first-order valence-corrected chi connectivity index (χ1v) is 6.06. The summed E-state index contributed by atoms with van der Waals surface area (Å²) >= 11 is 3.07. The molecule has 100 valence electrons. The molecule has 0 aliphatic rings. The van der Waals surface area contributed by atoms with Crippen LogP contribution in [0.3, 0.4) is 0 Å². The SMILES string of the molecule is CCOC(=O)c1cc(Br)nn1-c1ncc(F)cc1F. The van der Waals surface area contributed by atoms with Gasteiger partial charge >= 0.3 is 5.97 Å². The molecule has 0 unspecified atom stereocenters. The van der Waals surface area contributed by atoms with E-state index in [4.69, 9.17) is 4.74 Å². The van der Waals surface area contributed by atoms with Crippen LogP contribution in [0.4, 0.5) is 8.78 Å². The summed E-state index contributed by atoms with van der Waals surface area (Å²) in [7, 11) is 0. The van der Waals surface area contributed by atoms with E-state index in [2.05, 4.69) is 26.0 Å². The van der Waals surface area contributed by atoms with Gasteiger partial charge in [-0.15, -0.1) is 0 Å². The van der Waals surface area contributed by atoms with Gasteiger partial charge in [0.25, 0.3) is 0 Å². The van der Waals surface area contributed by atoms with Gasteiger partial charge in [0.15, 0.2) is 17.3 Å². The molecule has 5 nitrogen and oxygen atoms in total. The number of pyridine rings is 1. The maximum atomic E-state index is 13.6. The number of aromatic nitrogens is 3. The van der Waals surface area contributed by atoms with E-state index in [9.17, 15) is 13.6 Å². The van der Waals surface area contributed by atoms with Gasteiger partial charge in [0, 0.05) is 12.1 Å². The van der Waals surface area contributed by atoms with Crippen LogP contribution in [-0.4, -0.2) is 27.3 Å². The molecule has 8 heteroatoms. The number of hydrogen-bond donors (Lipinski definition) is 0. The summed E-state index contributed by atoms with van der Waals surface area (Å²) in [5.41, 5.74) is -0.00765. The lowest BCUT2D eigenvalue weighted by Crippen LogP contribution is -2.14. The van der Waals surface area contributed by atoms with Crippen molar-refractivity contribution in [2.45, 2.75) is 6.92 Å². The van der Waals surface area contributed by atoms with Crippen molar-refractivity contribution in [3.63, 3.8) is 0 Å². The highest BCUT2D eigenvalue weighted by molar-refractivity contribution is 9.10. The third-order valence-corrected chi connectivity index (χ3v) is 2.54. The van der Waals surface area contributed by atoms with Crippen LogP contribution in [-0.2, 0) is 4.74 Å². The average Bonchev–Trinajstić information content (AvgIpc) is 2.71. The summed E-state index contributed by atoms with van der Waals surface area (Å²) in [6, 6.07) is 2.02. The maximum absolute atomic E-state index is 13.6. The minimum atomic E-state index is -0.929. The summed E-state index contributed by atoms with van der Waals surface area (Å²) in [5.74, 6) is -2.70. The number of hydrogen-bond acceptors (Lipinski definition) is 4. The molecule has 0 fully saturated rings. The average molecular weight is 332 g/mol. The minimum Gasteiger partial charge on any atom is -0.461 e. The van der Waals surface area contributed by atoms with Gasteiger partial charge < -0.3 is 4.74 Å². The summed E-state index contributed by atoms with van der Waals surface area (Å²) in [6.45, 7) is 1.81. The van der Waals surface area contributed by atoms with Crippen molar-refractivity contribution in [2.75, 3.05) is 6.61 Å². The first kappa shape index (κ1) is 13.6. The second-order valence-corrected chi connectivity index (χ2v) is 4.26. The Labute approximate surface area is 115 Å². The van der Waals surface area contributed by atoms with Crippen LogP contribution in [0.1, 0.15) is 17.4 Å². The normalized spacial score (nSPS) is 10.5. The van der Waals surface area contributed by atoms with Gasteiger partial charge in [-0.25, -0.2) is 23.2 Å². The van der Waals surface area contributed by atoms with Crippen LogP contribution in [0, 0.1) is 11.6 Å². The Balaban J connectivity index is 2.52. The Morgan fingerprint density at radius 3 is 2.84 bits per heavy atom. The van der Waals surface area contributed by atoms with Gasteiger partial charge in [-0.05, 0) is 22.9 Å². The maximum Gasteiger partial charge on any atom is 0.357 e. The fraction of sp³-hybridized carbons (Fsp3) is 0.182. The van der Waals surface area contributed by atoms with Crippen LogP contribution in [0.25, 0.3) is 5.82 Å². The topological polar surface area (TPSA) is 57.0 Å². The van der Waals surface area contributed by atoms with Gasteiger partial charge in [0.2, 0.25) is 0 Å². The third-order valence-electron chi connectivity index (χ3n) is 2.15. The van der Waals surface area contributed by atoms with Crippen molar-refractivity contribution in [1.82, 2.24) is 14.8 Å². The molecule has 0 bridgehead atoms. The van der Waals surface area contributed by atoms with Crippen molar-refractivity contribution in [1.29, 1.82) is 0 Å². The highest BCUT2D eigenvalue weighted by Gasteiger charge is 2.20. The second kappa shape index (κ2) is 5.43. The van der Waals surface area contributed by atoms with Crippen LogP contribution in [0.15, 0.2) is 22.9 Å². The highest BCUT2D eigenvalue weighted by atomic mass is 79.9. The Kier molecular flexibility index (Phi) is 3.89. The quantitative estimate of drug-likeness (QED) is 0.811. The zero-order valence-corrected chi connectivity index (χ0v) is 11.3. The lowest BCUT2D eigenvalue weighted by Gasteiger charge is -2.06. The summed E-state index contributed by atoms with van der Waals surface area (Å²) in [5, 5.41) is 3.88. The van der Waals surface area contributed by atoms with E-state index in [0.717, 1.165) is 10.9 Å². The van der Waals surface area contributed by atoms with E-state index in [0.29, 0.717) is 10.7 Å². The summed E-state index contributed by atoms with van der Waals surface area (Å²) in [6.07, 6.45) is 0.836. The number of carbonyl (C=O) groups excluding carboxylic acids is 1. The lowest BCUT2D eigenvalue weighted by molar-refractivity contribution is 0.0515. The molecule has 2 heterocycles. The molecular weight excluding hydrogens is 324 g/mol. The van der Waals surface area contributed by atoms with Crippen molar-refractivity contribution in [3.8, 4) is 5.82 Å². The van der Waals surface area contributed by atoms with Crippen LogP contribution < -0.4 is 0 Å². The Bertz CT molecular complexity index is 630. The fourth-order valence-electron chi connectivity index (χ4n) is 1.43. The molecule has 0 aliphatic carbocycles. The molecule has 2 rings (SSSR count). The molecule has 0 saturated heterocycles. The zero-order valence-electron chi connectivity index (χ0n) is 9.73. The van der Waals surface area contributed by atoms with Crippen molar-refractivity contribution < 1.29 is 18.3 Å². The largest absolute Gasteiger partial charge is 0.461 e. The standard InChI is InChI=1S/C11H8BrF2N3O2/c1-2-19-11(18)8-4-9(12)16-17(8)10-7(14)3-6(13)5-15-10/h3-5H,2H2,1H3. The fourth-order valence-corrected chi connectivity index (χ4v) is 1.80. The van der Waals surface area contributed by atoms with Crippen LogP contribution in [0.2, 0.25) is 0 Å². The Morgan fingerprint density at radius 2 is 2.21 bits per heavy atom. The third kappa shape index (κ3) is 2.78. The van der Waals surface area contributed by atoms with E-state index < -0.39 is 17.6 Å². The van der Waals surface area contributed by atoms with Gasteiger partial charge in [-0.3, -0.25) is 0 Å². The molecule has 0 saturated carbocycles. The molecule has 2 aromatic heterocycles. The smallest absolute Gasteiger partial charge is 0.357 e. The monoisotopic (exact) mass is 331 g/mol. The molecular formula is C11H8BrF2N3O2. The molecule has 2 aromatic rings. The van der Waals surface area contributed by atoms with Gasteiger partial charge in [0.1, 0.15) is 10.4 Å². The molecule has 0 amide bonds. The molecule has 0 radical (unpaired) electrons. The second-order valence-electron chi connectivity index (χ2n) is 3.44. The van der Waals surface area contributed by atoms with Crippen molar-refractivity contribution in [2.24, 2.45) is 0 Å². The van der Waals surface area contributed by atoms with Crippen molar-refractivity contribution in [3.05, 3.63) is 40.3 Å². The Morgan fingerprint density at radius 1 is 1.47 bits per heavy atom. The van der Waals surface area contributed by atoms with Crippen LogP contribution in [0.5, 0.6) is 0 Å². The molecule has 0 aromatic carbocycles. The molecule has 0 aliphatic heterocycles. The van der Waals surface area contributed by atoms with Crippen LogP contribution >= 0.6 is 15.9 Å². The first-order chi connectivity index (χ1) is 9.02. The zero-order chi connectivity index (χ0) is 14.0. The molecule has 19 heavy (non-hydrogen) atoms. The highest BCUT2D eigenvalue weighted by Crippen LogP contribution is 2.18. The van der Waals surface area contributed by atoms with Gasteiger partial charge in [-0.1, -0.05) is 0 Å². The summed E-state index contributed by atoms with van der Waals surface area (Å²) in [4.78, 5) is 15.3. The number of halogens is 3. The Hall–Kier alpha value is -1.83.